The second-order valence-corrected chi connectivity index (χ2v) is 35.0. The molecule has 0 atom stereocenters. The summed E-state index contributed by atoms with van der Waals surface area (Å²) in [6.45, 7) is -0.222. The van der Waals surface area contributed by atoms with Crippen molar-refractivity contribution in [3.8, 4) is 22.5 Å². The number of benzene rings is 16. The molecule has 4 heterocycles. The van der Waals surface area contributed by atoms with Crippen molar-refractivity contribution in [2.24, 2.45) is 0 Å². The predicted molar refractivity (Wildman–Crippen MR) is 442 cm³/mol. The molecule has 20 rings (SSSR count). The van der Waals surface area contributed by atoms with Gasteiger partial charge in [0.25, 0.3) is 6.71 Å². The Morgan fingerprint density at radius 2 is 0.553 bits per heavy atom. The van der Waals surface area contributed by atoms with E-state index in [1.165, 1.54) is 102 Å². The summed E-state index contributed by atoms with van der Waals surface area (Å²) >= 11 is 0. The molecule has 0 unspecified atom stereocenters. The first-order valence-electron chi connectivity index (χ1n) is 35.8. The van der Waals surface area contributed by atoms with E-state index in [2.05, 4.69) is 425 Å². The minimum atomic E-state index is -3.17. The minimum absolute atomic E-state index is 0.222. The normalized spacial score (nSPS) is 12.6. The SMILES string of the molecule is c1ccc(-c2ccc3c(c2)B2c4ccc([Si](c5ccccc5)(c5ccccc5)c5ccccc5)cc4N(c4cccc([Si](c5ccccc5)(c5ccccc5)c5ccccc5)c4)c4cc(-n5c6ccccc6c6ccccc65)cc(c42)N3c2ccc(-n3c4ccccc4c4ccccc43)cc2)cc1. The van der Waals surface area contributed by atoms with Crippen molar-refractivity contribution in [2.75, 3.05) is 9.80 Å². The largest absolute Gasteiger partial charge is 0.311 e. The number of aromatic nitrogens is 2. The van der Waals surface area contributed by atoms with Gasteiger partial charge in [0.2, 0.25) is 0 Å². The van der Waals surface area contributed by atoms with Crippen LogP contribution in [0.15, 0.2) is 406 Å². The Balaban J connectivity index is 0.927. The third-order valence-electron chi connectivity index (χ3n) is 22.2. The van der Waals surface area contributed by atoms with Crippen LogP contribution in [0.3, 0.4) is 0 Å². The van der Waals surface area contributed by atoms with Crippen LogP contribution in [0.2, 0.25) is 0 Å². The first-order valence-corrected chi connectivity index (χ1v) is 39.8. The third kappa shape index (κ3) is 9.36. The highest BCUT2D eigenvalue weighted by Crippen LogP contribution is 2.47. The number of anilines is 6. The van der Waals surface area contributed by atoms with Gasteiger partial charge >= 0.3 is 0 Å². The zero-order chi connectivity index (χ0) is 68.0. The number of fused-ring (bicyclic) bond motifs is 10. The summed E-state index contributed by atoms with van der Waals surface area (Å²) in [6, 6.07) is 154. The van der Waals surface area contributed by atoms with Crippen LogP contribution < -0.4 is 67.7 Å². The standard InChI is InChI=1S/C96H67BN4Si2/c1-8-31-68(32-9-1)69-55-62-92-87(63-69)97-86-61-60-81(103(77-40-16-5-17-41-77,78-42-18-6-19-43-78)79-44-20-7-21-45-79)67-93(86)100(72-33-30-46-80(64-72)102(74-34-10-2-11-35-74,75-36-12-3-13-37-75)76-38-14-4-15-39-76)95-66-73(101-90-53-28-24-49-84(90)85-50-25-29-54-91(85)101)65-94(96(95)97)99(92)71-58-56-70(57-59-71)98-88-51-26-22-47-82(88)83-48-23-27-52-89(83)98/h1-67H. The molecular formula is C96H67BN4Si2. The van der Waals surface area contributed by atoms with Gasteiger partial charge < -0.3 is 18.9 Å². The summed E-state index contributed by atoms with van der Waals surface area (Å²) in [6.07, 6.45) is 0. The van der Waals surface area contributed by atoms with Crippen LogP contribution in [0, 0.1) is 0 Å². The zero-order valence-corrected chi connectivity index (χ0v) is 58.5. The quantitative estimate of drug-likeness (QED) is 0.0845. The molecule has 18 aromatic rings. The highest BCUT2D eigenvalue weighted by Gasteiger charge is 2.48. The lowest BCUT2D eigenvalue weighted by molar-refractivity contribution is 1.16. The van der Waals surface area contributed by atoms with Gasteiger partial charge in [-0.25, -0.2) is 0 Å². The molecule has 0 fully saturated rings. The zero-order valence-electron chi connectivity index (χ0n) is 56.5. The lowest BCUT2D eigenvalue weighted by Gasteiger charge is -2.45. The van der Waals surface area contributed by atoms with Gasteiger partial charge in [0.05, 0.1) is 27.8 Å². The van der Waals surface area contributed by atoms with E-state index in [4.69, 9.17) is 0 Å². The molecule has 4 nitrogen and oxygen atoms in total. The Bertz CT molecular complexity index is 5950. The fourth-order valence-electron chi connectivity index (χ4n) is 17.9. The van der Waals surface area contributed by atoms with Gasteiger partial charge in [-0.3, -0.25) is 0 Å². The van der Waals surface area contributed by atoms with Crippen molar-refractivity contribution in [2.45, 2.75) is 0 Å². The fraction of sp³-hybridized carbons (Fsp3) is 0. The first-order chi connectivity index (χ1) is 51.1. The molecule has 0 aliphatic carbocycles. The molecule has 2 aromatic heterocycles. The number of nitrogens with zero attached hydrogens (tertiary/aromatic N) is 4. The maximum absolute atomic E-state index is 3.17. The van der Waals surface area contributed by atoms with E-state index in [9.17, 15) is 0 Å². The molecule has 0 spiro atoms. The van der Waals surface area contributed by atoms with Crippen molar-refractivity contribution in [1.82, 2.24) is 9.13 Å². The van der Waals surface area contributed by atoms with Crippen LogP contribution in [0.4, 0.5) is 34.1 Å². The van der Waals surface area contributed by atoms with Crippen LogP contribution in [0.5, 0.6) is 0 Å². The molecule has 0 saturated heterocycles. The maximum Gasteiger partial charge on any atom is 0.252 e. The average molecular weight is 1340 g/mol. The average Bonchev–Trinajstić information content (AvgIpc) is 0.742. The van der Waals surface area contributed by atoms with Crippen molar-refractivity contribution in [3.05, 3.63) is 406 Å². The van der Waals surface area contributed by atoms with Crippen LogP contribution in [0.1, 0.15) is 0 Å². The summed E-state index contributed by atoms with van der Waals surface area (Å²) in [5, 5.41) is 15.5. The Kier molecular flexibility index (Phi) is 14.3. The molecule has 0 bridgehead atoms. The van der Waals surface area contributed by atoms with Gasteiger partial charge in [-0.15, -0.1) is 0 Å². The van der Waals surface area contributed by atoms with E-state index < -0.39 is 16.1 Å². The molecule has 0 radical (unpaired) electrons. The van der Waals surface area contributed by atoms with Crippen molar-refractivity contribution in [1.29, 1.82) is 0 Å². The van der Waals surface area contributed by atoms with Crippen LogP contribution in [0.25, 0.3) is 66.1 Å². The highest BCUT2D eigenvalue weighted by molar-refractivity contribution is 7.20. The van der Waals surface area contributed by atoms with Gasteiger partial charge in [0.1, 0.15) is 0 Å². The highest BCUT2D eigenvalue weighted by atomic mass is 28.3. The third-order valence-corrected chi connectivity index (χ3v) is 31.7. The van der Waals surface area contributed by atoms with Crippen molar-refractivity contribution < 1.29 is 0 Å². The minimum Gasteiger partial charge on any atom is -0.311 e. The maximum atomic E-state index is 2.70. The van der Waals surface area contributed by atoms with E-state index in [0.717, 1.165) is 56.5 Å². The molecule has 16 aromatic carbocycles. The van der Waals surface area contributed by atoms with Gasteiger partial charge in [0.15, 0.2) is 16.1 Å². The molecule has 7 heteroatoms. The second kappa shape index (κ2) is 24.5. The summed E-state index contributed by atoms with van der Waals surface area (Å²) in [5.41, 5.74) is 19.7. The van der Waals surface area contributed by atoms with Gasteiger partial charge in [-0.05, 0) is 154 Å². The number of hydrogen-bond acceptors (Lipinski definition) is 2. The molecule has 0 amide bonds. The molecule has 2 aliphatic heterocycles. The predicted octanol–water partition coefficient (Wildman–Crippen LogP) is 16.4. The topological polar surface area (TPSA) is 16.3 Å². The van der Waals surface area contributed by atoms with Crippen LogP contribution in [-0.4, -0.2) is 32.0 Å². The number of para-hydroxylation sites is 4. The monoisotopic (exact) mass is 1340 g/mol. The Labute approximate surface area is 602 Å². The van der Waals surface area contributed by atoms with E-state index in [1.807, 2.05) is 0 Å². The van der Waals surface area contributed by atoms with Gasteiger partial charge in [0, 0.05) is 61.4 Å². The van der Waals surface area contributed by atoms with Crippen LogP contribution >= 0.6 is 0 Å². The van der Waals surface area contributed by atoms with Crippen molar-refractivity contribution >= 4 is 158 Å². The Morgan fingerprint density at radius 3 is 0.990 bits per heavy atom. The van der Waals surface area contributed by atoms with E-state index in [-0.39, 0.29) is 6.71 Å². The smallest absolute Gasteiger partial charge is 0.252 e. The van der Waals surface area contributed by atoms with E-state index >= 15 is 0 Å². The number of hydrogen-bond donors (Lipinski definition) is 0. The fourth-order valence-corrected chi connectivity index (χ4v) is 27.4. The lowest BCUT2D eigenvalue weighted by atomic mass is 9.33. The molecular weight excluding hydrogens is 1280 g/mol. The summed E-state index contributed by atoms with van der Waals surface area (Å²) < 4.78 is 4.96. The molecule has 0 N–H and O–H groups in total. The summed E-state index contributed by atoms with van der Waals surface area (Å²) in [5.74, 6) is 0. The Hall–Kier alpha value is -12.8. The van der Waals surface area contributed by atoms with Gasteiger partial charge in [-0.1, -0.05) is 322 Å². The van der Waals surface area contributed by atoms with E-state index in [1.54, 1.807) is 0 Å². The van der Waals surface area contributed by atoms with Gasteiger partial charge in [-0.2, -0.15) is 0 Å². The molecule has 482 valence electrons. The second-order valence-electron chi connectivity index (χ2n) is 27.4. The summed E-state index contributed by atoms with van der Waals surface area (Å²) in [7, 11) is -6.29. The molecule has 103 heavy (non-hydrogen) atoms. The lowest BCUT2D eigenvalue weighted by Crippen LogP contribution is -2.75. The molecule has 2 aliphatic rings. The summed E-state index contributed by atoms with van der Waals surface area (Å²) in [4.78, 5) is 5.29. The number of rotatable bonds is 13. The van der Waals surface area contributed by atoms with E-state index in [0.29, 0.717) is 0 Å². The van der Waals surface area contributed by atoms with Crippen LogP contribution in [-0.2, 0) is 0 Å². The Morgan fingerprint density at radius 1 is 0.194 bits per heavy atom. The first kappa shape index (κ1) is 60.2. The van der Waals surface area contributed by atoms with Crippen molar-refractivity contribution in [3.63, 3.8) is 0 Å². The molecule has 0 saturated carbocycles.